The molecule has 1 fully saturated rings. The zero-order valence-corrected chi connectivity index (χ0v) is 14.3. The van der Waals surface area contributed by atoms with E-state index in [1.807, 2.05) is 30.3 Å². The molecule has 3 rings (SSSR count). The fourth-order valence-electron chi connectivity index (χ4n) is 2.66. The van der Waals surface area contributed by atoms with E-state index in [1.54, 1.807) is 23.2 Å². The number of benzene rings is 1. The van der Waals surface area contributed by atoms with Crippen LogP contribution in [0.5, 0.6) is 0 Å². The van der Waals surface area contributed by atoms with Crippen LogP contribution in [0.2, 0.25) is 0 Å². The number of esters is 1. The summed E-state index contributed by atoms with van der Waals surface area (Å²) in [4.78, 5) is 19.0. The van der Waals surface area contributed by atoms with E-state index >= 15 is 0 Å². The number of ether oxygens (including phenoxy) is 1. The first kappa shape index (κ1) is 17.8. The van der Waals surface area contributed by atoms with Crippen LogP contribution in [0.3, 0.4) is 0 Å². The predicted octanol–water partition coefficient (Wildman–Crippen LogP) is 3.73. The van der Waals surface area contributed by atoms with E-state index < -0.39 is 12.4 Å². The lowest BCUT2D eigenvalue weighted by atomic mass is 10.2. The summed E-state index contributed by atoms with van der Waals surface area (Å²) in [6, 6.07) is 12.8. The van der Waals surface area contributed by atoms with E-state index in [0.717, 1.165) is 9.92 Å². The molecule has 0 bridgehead atoms. The summed E-state index contributed by atoms with van der Waals surface area (Å²) in [6.45, 7) is 0.624. The van der Waals surface area contributed by atoms with Gasteiger partial charge in [-0.3, -0.25) is 4.90 Å². The van der Waals surface area contributed by atoms with E-state index in [0.29, 0.717) is 25.1 Å². The topological polar surface area (TPSA) is 42.4 Å². The van der Waals surface area contributed by atoms with Crippen LogP contribution in [0.25, 0.3) is 0 Å². The molecule has 0 spiro atoms. The number of aromatic nitrogens is 1. The number of pyridine rings is 1. The lowest BCUT2D eigenvalue weighted by Crippen LogP contribution is -2.29. The highest BCUT2D eigenvalue weighted by molar-refractivity contribution is 7.99. The smallest absolute Gasteiger partial charge is 0.338 e. The fraction of sp³-hybridized carbons (Fsp3) is 0.333. The van der Waals surface area contributed by atoms with Gasteiger partial charge in [-0.1, -0.05) is 17.8 Å². The van der Waals surface area contributed by atoms with Gasteiger partial charge in [0, 0.05) is 24.2 Å². The second-order valence-electron chi connectivity index (χ2n) is 5.76. The van der Waals surface area contributed by atoms with Gasteiger partial charge in [0.15, 0.2) is 0 Å². The van der Waals surface area contributed by atoms with Crippen LogP contribution < -0.4 is 0 Å². The number of nitrogens with zero attached hydrogens (tertiary/aromatic N) is 2. The molecule has 0 aliphatic carbocycles. The maximum absolute atomic E-state index is 12.4. The first-order valence-electron chi connectivity index (χ1n) is 8.00. The SMILES string of the molecule is O=C(O[C@H]1CCN(CC(F)F)C1)c1ccc(Sc2ccccn2)cc1. The van der Waals surface area contributed by atoms with E-state index in [9.17, 15) is 13.6 Å². The Morgan fingerprint density at radius 1 is 1.28 bits per heavy atom. The van der Waals surface area contributed by atoms with Crippen molar-refractivity contribution in [2.24, 2.45) is 0 Å². The van der Waals surface area contributed by atoms with Gasteiger partial charge in [-0.25, -0.2) is 18.6 Å². The Morgan fingerprint density at radius 2 is 2.08 bits per heavy atom. The summed E-state index contributed by atoms with van der Waals surface area (Å²) < 4.78 is 30.2. The van der Waals surface area contributed by atoms with E-state index in [1.165, 1.54) is 11.8 Å². The van der Waals surface area contributed by atoms with Gasteiger partial charge in [0.05, 0.1) is 12.1 Å². The van der Waals surface area contributed by atoms with Crippen molar-refractivity contribution >= 4 is 17.7 Å². The fourth-order valence-corrected chi connectivity index (χ4v) is 3.43. The van der Waals surface area contributed by atoms with Crippen LogP contribution in [-0.4, -0.2) is 48.0 Å². The molecule has 7 heteroatoms. The van der Waals surface area contributed by atoms with Crippen LogP contribution in [0.4, 0.5) is 8.78 Å². The summed E-state index contributed by atoms with van der Waals surface area (Å²) in [5.74, 6) is -0.418. The first-order chi connectivity index (χ1) is 12.1. The van der Waals surface area contributed by atoms with Gasteiger partial charge in [0.2, 0.25) is 0 Å². The Hall–Kier alpha value is -1.99. The molecule has 0 saturated carbocycles. The number of halogens is 2. The summed E-state index contributed by atoms with van der Waals surface area (Å²) in [5.41, 5.74) is 0.456. The van der Waals surface area contributed by atoms with Gasteiger partial charge in [-0.2, -0.15) is 0 Å². The molecule has 0 N–H and O–H groups in total. The summed E-state index contributed by atoms with van der Waals surface area (Å²) in [5, 5.41) is 0.878. The van der Waals surface area contributed by atoms with Gasteiger partial charge in [-0.15, -0.1) is 0 Å². The van der Waals surface area contributed by atoms with Gasteiger partial charge in [0.1, 0.15) is 11.1 Å². The van der Waals surface area contributed by atoms with Crippen LogP contribution in [-0.2, 0) is 4.74 Å². The molecule has 25 heavy (non-hydrogen) atoms. The van der Waals surface area contributed by atoms with Crippen molar-refractivity contribution in [3.05, 3.63) is 54.2 Å². The quantitative estimate of drug-likeness (QED) is 0.731. The van der Waals surface area contributed by atoms with Gasteiger partial charge >= 0.3 is 5.97 Å². The summed E-state index contributed by atoms with van der Waals surface area (Å²) in [7, 11) is 0. The molecule has 1 aromatic carbocycles. The Kier molecular flexibility index (Phi) is 5.99. The van der Waals surface area contributed by atoms with Crippen LogP contribution in [0.15, 0.2) is 58.6 Å². The zero-order chi connectivity index (χ0) is 17.6. The Bertz CT molecular complexity index is 698. The van der Waals surface area contributed by atoms with Crippen LogP contribution in [0.1, 0.15) is 16.8 Å². The highest BCUT2D eigenvalue weighted by atomic mass is 32.2. The minimum atomic E-state index is -2.36. The zero-order valence-electron chi connectivity index (χ0n) is 13.5. The molecule has 2 aromatic rings. The molecule has 132 valence electrons. The second-order valence-corrected chi connectivity index (χ2v) is 6.85. The number of carbonyl (C=O) groups excluding carboxylic acids is 1. The third kappa shape index (κ3) is 5.24. The molecule has 0 unspecified atom stereocenters. The van der Waals surface area contributed by atoms with Crippen molar-refractivity contribution in [2.75, 3.05) is 19.6 Å². The molecular formula is C18H18F2N2O2S. The van der Waals surface area contributed by atoms with Crippen molar-refractivity contribution in [2.45, 2.75) is 28.9 Å². The second kappa shape index (κ2) is 8.40. The highest BCUT2D eigenvalue weighted by Crippen LogP contribution is 2.26. The molecule has 1 atom stereocenters. The summed E-state index contributed by atoms with van der Waals surface area (Å²) >= 11 is 1.51. The number of rotatable bonds is 6. The highest BCUT2D eigenvalue weighted by Gasteiger charge is 2.27. The monoisotopic (exact) mass is 364 g/mol. The van der Waals surface area contributed by atoms with Crippen molar-refractivity contribution in [1.29, 1.82) is 0 Å². The van der Waals surface area contributed by atoms with Crippen molar-refractivity contribution in [1.82, 2.24) is 9.88 Å². The molecule has 1 aromatic heterocycles. The maximum Gasteiger partial charge on any atom is 0.338 e. The molecule has 0 radical (unpaired) electrons. The Balaban J connectivity index is 1.53. The molecule has 1 aliphatic heterocycles. The lowest BCUT2D eigenvalue weighted by Gasteiger charge is -2.15. The molecule has 0 amide bonds. The van der Waals surface area contributed by atoms with Gasteiger partial charge in [-0.05, 0) is 42.8 Å². The molecule has 1 saturated heterocycles. The molecule has 4 nitrogen and oxygen atoms in total. The van der Waals surface area contributed by atoms with Gasteiger partial charge < -0.3 is 4.74 Å². The van der Waals surface area contributed by atoms with Crippen molar-refractivity contribution < 1.29 is 18.3 Å². The average Bonchev–Trinajstić information content (AvgIpc) is 3.02. The third-order valence-electron chi connectivity index (χ3n) is 3.85. The maximum atomic E-state index is 12.4. The van der Waals surface area contributed by atoms with Crippen LogP contribution >= 0.6 is 11.8 Å². The summed E-state index contributed by atoms with van der Waals surface area (Å²) in [6.07, 6.45) is -0.369. The average molecular weight is 364 g/mol. The minimum absolute atomic E-state index is 0.270. The third-order valence-corrected chi connectivity index (χ3v) is 4.81. The van der Waals surface area contributed by atoms with Crippen molar-refractivity contribution in [3.8, 4) is 0 Å². The molecule has 1 aliphatic rings. The van der Waals surface area contributed by atoms with E-state index in [4.69, 9.17) is 4.74 Å². The van der Waals surface area contributed by atoms with Crippen molar-refractivity contribution in [3.63, 3.8) is 0 Å². The molecular weight excluding hydrogens is 346 g/mol. The molecule has 2 heterocycles. The standard InChI is InChI=1S/C18H18F2N2O2S/c19-16(20)12-22-10-8-14(11-22)24-18(23)13-4-6-15(7-5-13)25-17-3-1-2-9-21-17/h1-7,9,14,16H,8,10-12H2/t14-/m0/s1. The number of likely N-dealkylation sites (tertiary alicyclic amines) is 1. The Morgan fingerprint density at radius 3 is 2.76 bits per heavy atom. The predicted molar refractivity (Wildman–Crippen MR) is 91.1 cm³/mol. The van der Waals surface area contributed by atoms with E-state index in [2.05, 4.69) is 4.98 Å². The number of hydrogen-bond donors (Lipinski definition) is 0. The lowest BCUT2D eigenvalue weighted by molar-refractivity contribution is 0.0302. The number of alkyl halides is 2. The van der Waals surface area contributed by atoms with Crippen LogP contribution in [0, 0.1) is 0 Å². The first-order valence-corrected chi connectivity index (χ1v) is 8.82. The Labute approximate surface area is 149 Å². The van der Waals surface area contributed by atoms with Gasteiger partial charge in [0.25, 0.3) is 6.43 Å². The number of carbonyl (C=O) groups is 1. The largest absolute Gasteiger partial charge is 0.457 e. The van der Waals surface area contributed by atoms with E-state index in [-0.39, 0.29) is 12.6 Å². The normalized spacial score (nSPS) is 17.8. The minimum Gasteiger partial charge on any atom is -0.457 e. The number of hydrogen-bond acceptors (Lipinski definition) is 5.